The zero-order chi connectivity index (χ0) is 19.2. The van der Waals surface area contributed by atoms with Crippen LogP contribution >= 0.6 is 0 Å². The molecule has 1 aromatic carbocycles. The molecular formula is C22H32N4O2. The van der Waals surface area contributed by atoms with Crippen LogP contribution in [-0.2, 0) is 17.7 Å². The molecule has 0 unspecified atom stereocenters. The van der Waals surface area contributed by atoms with Gasteiger partial charge in [-0.15, -0.1) is 0 Å². The highest BCUT2D eigenvalue weighted by Gasteiger charge is 2.26. The molecule has 6 heteroatoms. The van der Waals surface area contributed by atoms with Gasteiger partial charge in [-0.25, -0.2) is 0 Å². The number of likely N-dealkylation sites (tertiary alicyclic amines) is 1. The van der Waals surface area contributed by atoms with Crippen molar-refractivity contribution in [2.24, 2.45) is 5.92 Å². The monoisotopic (exact) mass is 384 g/mol. The summed E-state index contributed by atoms with van der Waals surface area (Å²) in [7, 11) is 0. The van der Waals surface area contributed by atoms with Gasteiger partial charge in [-0.2, -0.15) is 4.98 Å². The van der Waals surface area contributed by atoms with Gasteiger partial charge in [0.2, 0.25) is 5.89 Å². The summed E-state index contributed by atoms with van der Waals surface area (Å²) in [5.41, 5.74) is 1.39. The first-order chi connectivity index (χ1) is 13.7. The van der Waals surface area contributed by atoms with E-state index in [9.17, 15) is 0 Å². The quantitative estimate of drug-likeness (QED) is 0.763. The van der Waals surface area contributed by atoms with Crippen LogP contribution in [0.25, 0.3) is 0 Å². The van der Waals surface area contributed by atoms with Crippen molar-refractivity contribution in [2.45, 2.75) is 45.3 Å². The van der Waals surface area contributed by atoms with E-state index in [0.717, 1.165) is 58.0 Å². The molecule has 0 radical (unpaired) electrons. The number of aryl methyl sites for hydroxylation is 1. The van der Waals surface area contributed by atoms with Gasteiger partial charge in [0.05, 0.1) is 6.10 Å². The third-order valence-corrected chi connectivity index (χ3v) is 5.79. The summed E-state index contributed by atoms with van der Waals surface area (Å²) in [5.74, 6) is 2.12. The molecule has 0 spiro atoms. The van der Waals surface area contributed by atoms with Crippen molar-refractivity contribution in [1.82, 2.24) is 19.9 Å². The minimum Gasteiger partial charge on any atom is -0.376 e. The van der Waals surface area contributed by atoms with Gasteiger partial charge in [-0.3, -0.25) is 4.90 Å². The van der Waals surface area contributed by atoms with E-state index >= 15 is 0 Å². The Kier molecular flexibility index (Phi) is 6.73. The Morgan fingerprint density at radius 1 is 1.07 bits per heavy atom. The van der Waals surface area contributed by atoms with Crippen LogP contribution in [-0.4, -0.2) is 65.4 Å². The average molecular weight is 385 g/mol. The first-order valence-corrected chi connectivity index (χ1v) is 10.6. The molecule has 4 rings (SSSR count). The van der Waals surface area contributed by atoms with Crippen LogP contribution < -0.4 is 0 Å². The summed E-state index contributed by atoms with van der Waals surface area (Å²) < 4.78 is 11.3. The van der Waals surface area contributed by atoms with Crippen LogP contribution in [0.1, 0.15) is 36.5 Å². The van der Waals surface area contributed by atoms with E-state index in [4.69, 9.17) is 9.26 Å². The van der Waals surface area contributed by atoms with Gasteiger partial charge < -0.3 is 14.2 Å². The van der Waals surface area contributed by atoms with E-state index in [1.165, 1.54) is 24.9 Å². The molecular weight excluding hydrogens is 352 g/mol. The van der Waals surface area contributed by atoms with Crippen LogP contribution in [0.15, 0.2) is 34.9 Å². The third kappa shape index (κ3) is 5.63. The van der Waals surface area contributed by atoms with Crippen LogP contribution in [0.4, 0.5) is 0 Å². The lowest BCUT2D eigenvalue weighted by molar-refractivity contribution is 0.0156. The van der Waals surface area contributed by atoms with Crippen LogP contribution in [0.3, 0.4) is 0 Å². The summed E-state index contributed by atoms with van der Waals surface area (Å²) in [6.07, 6.45) is 4.80. The topological polar surface area (TPSA) is 54.6 Å². The van der Waals surface area contributed by atoms with E-state index in [1.807, 2.05) is 6.92 Å². The number of piperidine rings is 1. The molecule has 2 aliphatic rings. The Balaban J connectivity index is 1.29. The average Bonchev–Trinajstić information content (AvgIpc) is 2.97. The number of benzene rings is 1. The second-order valence-electron chi connectivity index (χ2n) is 8.27. The van der Waals surface area contributed by atoms with Crippen molar-refractivity contribution >= 4 is 0 Å². The van der Waals surface area contributed by atoms with Gasteiger partial charge in [0, 0.05) is 52.7 Å². The van der Waals surface area contributed by atoms with E-state index < -0.39 is 0 Å². The molecule has 0 bridgehead atoms. The highest BCUT2D eigenvalue weighted by atomic mass is 16.5. The molecule has 0 amide bonds. The molecule has 3 heterocycles. The summed E-state index contributed by atoms with van der Waals surface area (Å²) >= 11 is 0. The number of aromatic nitrogens is 2. The minimum atomic E-state index is 0.289. The fourth-order valence-corrected chi connectivity index (χ4v) is 4.52. The number of rotatable bonds is 6. The van der Waals surface area contributed by atoms with Crippen molar-refractivity contribution in [3.63, 3.8) is 0 Å². The zero-order valence-corrected chi connectivity index (χ0v) is 16.9. The fourth-order valence-electron chi connectivity index (χ4n) is 4.52. The van der Waals surface area contributed by atoms with Crippen molar-refractivity contribution in [3.8, 4) is 0 Å². The van der Waals surface area contributed by atoms with Crippen molar-refractivity contribution in [2.75, 3.05) is 39.3 Å². The predicted octanol–water partition coefficient (Wildman–Crippen LogP) is 2.92. The largest absolute Gasteiger partial charge is 0.376 e. The van der Waals surface area contributed by atoms with Crippen LogP contribution in [0.2, 0.25) is 0 Å². The Morgan fingerprint density at radius 3 is 2.75 bits per heavy atom. The summed E-state index contributed by atoms with van der Waals surface area (Å²) in [4.78, 5) is 9.51. The van der Waals surface area contributed by atoms with Crippen molar-refractivity contribution in [1.29, 1.82) is 0 Å². The van der Waals surface area contributed by atoms with Gasteiger partial charge in [-0.05, 0) is 37.3 Å². The van der Waals surface area contributed by atoms with Gasteiger partial charge in [0.25, 0.3) is 0 Å². The highest BCUT2D eigenvalue weighted by Crippen LogP contribution is 2.21. The zero-order valence-electron chi connectivity index (χ0n) is 16.9. The Hall–Kier alpha value is -1.76. The maximum atomic E-state index is 6.21. The van der Waals surface area contributed by atoms with E-state index in [-0.39, 0.29) is 6.10 Å². The first-order valence-electron chi connectivity index (χ1n) is 10.6. The standard InChI is InChI=1S/C22H32N4O2/c1-18-23-22(24-28-18)13-20-9-5-10-25(15-20)16-21-17-26(11-6-12-27-21)14-19-7-3-2-4-8-19/h2-4,7-8,20-21H,5-6,9-17H2,1H3/t20-,21-/m0/s1. The van der Waals surface area contributed by atoms with Crippen LogP contribution in [0.5, 0.6) is 0 Å². The predicted molar refractivity (Wildman–Crippen MR) is 108 cm³/mol. The third-order valence-electron chi connectivity index (χ3n) is 5.79. The van der Waals surface area contributed by atoms with Crippen molar-refractivity contribution < 1.29 is 9.26 Å². The molecule has 2 saturated heterocycles. The van der Waals surface area contributed by atoms with Gasteiger partial charge in [-0.1, -0.05) is 35.5 Å². The summed E-state index contributed by atoms with van der Waals surface area (Å²) in [6, 6.07) is 10.8. The molecule has 6 nitrogen and oxygen atoms in total. The Labute approximate surface area is 167 Å². The number of nitrogens with zero attached hydrogens (tertiary/aromatic N) is 4. The van der Waals surface area contributed by atoms with Gasteiger partial charge in [0.1, 0.15) is 0 Å². The van der Waals surface area contributed by atoms with E-state index in [2.05, 4.69) is 50.3 Å². The minimum absolute atomic E-state index is 0.289. The lowest BCUT2D eigenvalue weighted by Crippen LogP contribution is -2.44. The first kappa shape index (κ1) is 19.6. The Bertz CT molecular complexity index is 720. The van der Waals surface area contributed by atoms with Crippen LogP contribution in [0, 0.1) is 12.8 Å². The molecule has 2 aromatic rings. The van der Waals surface area contributed by atoms with Gasteiger partial charge in [0.15, 0.2) is 5.82 Å². The lowest BCUT2D eigenvalue weighted by atomic mass is 9.94. The smallest absolute Gasteiger partial charge is 0.223 e. The molecule has 2 fully saturated rings. The molecule has 0 aliphatic carbocycles. The molecule has 28 heavy (non-hydrogen) atoms. The second kappa shape index (κ2) is 9.63. The molecule has 0 N–H and O–H groups in total. The molecule has 1 aromatic heterocycles. The normalized spacial score (nSPS) is 24.9. The SMILES string of the molecule is Cc1nc(C[C@@H]2CCCN(C[C@H]3CN(Cc4ccccc4)CCCO3)C2)no1. The van der Waals surface area contributed by atoms with E-state index in [0.29, 0.717) is 11.8 Å². The van der Waals surface area contributed by atoms with E-state index in [1.54, 1.807) is 0 Å². The number of hydrogen-bond donors (Lipinski definition) is 0. The summed E-state index contributed by atoms with van der Waals surface area (Å²) in [6.45, 7) is 9.16. The van der Waals surface area contributed by atoms with Gasteiger partial charge >= 0.3 is 0 Å². The second-order valence-corrected chi connectivity index (χ2v) is 8.27. The fraction of sp³-hybridized carbons (Fsp3) is 0.636. The Morgan fingerprint density at radius 2 is 1.93 bits per heavy atom. The lowest BCUT2D eigenvalue weighted by Gasteiger charge is -2.35. The molecule has 152 valence electrons. The molecule has 2 aliphatic heterocycles. The number of ether oxygens (including phenoxy) is 1. The summed E-state index contributed by atoms with van der Waals surface area (Å²) in [5, 5.41) is 4.08. The highest BCUT2D eigenvalue weighted by molar-refractivity contribution is 5.14. The maximum absolute atomic E-state index is 6.21. The number of hydrogen-bond acceptors (Lipinski definition) is 6. The van der Waals surface area contributed by atoms with Crippen molar-refractivity contribution in [3.05, 3.63) is 47.6 Å². The maximum Gasteiger partial charge on any atom is 0.223 e. The molecule has 0 saturated carbocycles. The molecule has 2 atom stereocenters.